The van der Waals surface area contributed by atoms with Crippen molar-refractivity contribution in [1.29, 1.82) is 5.26 Å². The summed E-state index contributed by atoms with van der Waals surface area (Å²) in [5.74, 6) is 1.01. The van der Waals surface area contributed by atoms with Crippen molar-refractivity contribution in [2.75, 3.05) is 0 Å². The van der Waals surface area contributed by atoms with E-state index >= 15 is 0 Å². The minimum atomic E-state index is 0.435. The molecule has 1 atom stereocenters. The third kappa shape index (κ3) is 1.51. The summed E-state index contributed by atoms with van der Waals surface area (Å²) in [6, 6.07) is 2.18. The highest BCUT2D eigenvalue weighted by molar-refractivity contribution is 5.36. The molecule has 1 aliphatic carbocycles. The smallest absolute Gasteiger partial charge is 0.0947 e. The lowest BCUT2D eigenvalue weighted by atomic mass is 9.92. The Balaban J connectivity index is 2.78. The zero-order valence-corrected chi connectivity index (χ0v) is 7.09. The Morgan fingerprint density at radius 3 is 2.64 bits per heavy atom. The van der Waals surface area contributed by atoms with E-state index in [2.05, 4.69) is 26.5 Å². The molecule has 0 bridgehead atoms. The number of nitrogens with zero attached hydrogens (tertiary/aromatic N) is 1. The van der Waals surface area contributed by atoms with Crippen molar-refractivity contribution in [2.24, 2.45) is 11.8 Å². The summed E-state index contributed by atoms with van der Waals surface area (Å²) >= 11 is 0. The van der Waals surface area contributed by atoms with Crippen molar-refractivity contribution >= 4 is 0 Å². The summed E-state index contributed by atoms with van der Waals surface area (Å²) in [5, 5.41) is 8.62. The average Bonchev–Trinajstić information content (AvgIpc) is 2.30. The molecule has 0 aromatic rings. The lowest BCUT2D eigenvalue weighted by Crippen LogP contribution is -2.03. The normalized spacial score (nSPS) is 23.6. The van der Waals surface area contributed by atoms with Gasteiger partial charge in [-0.25, -0.2) is 0 Å². The van der Waals surface area contributed by atoms with Crippen LogP contribution in [0.3, 0.4) is 0 Å². The third-order valence-electron chi connectivity index (χ3n) is 2.13. The highest BCUT2D eigenvalue weighted by Gasteiger charge is 2.21. The van der Waals surface area contributed by atoms with Crippen LogP contribution in [-0.2, 0) is 0 Å². The molecule has 1 unspecified atom stereocenters. The highest BCUT2D eigenvalue weighted by Crippen LogP contribution is 2.33. The molecule has 1 rings (SSSR count). The van der Waals surface area contributed by atoms with Crippen LogP contribution >= 0.6 is 0 Å². The van der Waals surface area contributed by atoms with E-state index in [1.807, 2.05) is 6.08 Å². The zero-order valence-electron chi connectivity index (χ0n) is 7.09. The topological polar surface area (TPSA) is 23.8 Å². The summed E-state index contributed by atoms with van der Waals surface area (Å²) in [6.07, 6.45) is 2.84. The van der Waals surface area contributed by atoms with Gasteiger partial charge < -0.3 is 0 Å². The van der Waals surface area contributed by atoms with E-state index < -0.39 is 0 Å². The van der Waals surface area contributed by atoms with Gasteiger partial charge in [-0.3, -0.25) is 0 Å². The fourth-order valence-corrected chi connectivity index (χ4v) is 1.50. The second-order valence-corrected chi connectivity index (χ2v) is 3.41. The first-order valence-corrected chi connectivity index (χ1v) is 3.93. The Hall–Kier alpha value is -1.03. The molecule has 1 aliphatic rings. The van der Waals surface area contributed by atoms with E-state index in [4.69, 9.17) is 5.26 Å². The van der Waals surface area contributed by atoms with Crippen LogP contribution in [0, 0.1) is 23.2 Å². The van der Waals surface area contributed by atoms with Crippen molar-refractivity contribution < 1.29 is 0 Å². The van der Waals surface area contributed by atoms with Gasteiger partial charge >= 0.3 is 0 Å². The Morgan fingerprint density at radius 2 is 2.36 bits per heavy atom. The van der Waals surface area contributed by atoms with E-state index in [1.54, 1.807) is 0 Å². The molecule has 58 valence electrons. The molecule has 0 spiro atoms. The third-order valence-corrected chi connectivity index (χ3v) is 2.13. The molecule has 0 aromatic heterocycles. The van der Waals surface area contributed by atoms with Gasteiger partial charge in [0.05, 0.1) is 6.07 Å². The van der Waals surface area contributed by atoms with Crippen LogP contribution in [0.1, 0.15) is 20.3 Å². The minimum Gasteiger partial charge on any atom is -0.193 e. The average molecular weight is 147 g/mol. The van der Waals surface area contributed by atoms with Crippen molar-refractivity contribution in [1.82, 2.24) is 0 Å². The molecule has 0 saturated carbocycles. The van der Waals surface area contributed by atoms with Gasteiger partial charge in [0.1, 0.15) is 0 Å². The molecule has 1 nitrogen and oxygen atoms in total. The molecule has 0 N–H and O–H groups in total. The Bertz CT molecular complexity index is 240. The Kier molecular flexibility index (Phi) is 2.14. The second kappa shape index (κ2) is 2.92. The quantitative estimate of drug-likeness (QED) is 0.523. The highest BCUT2D eigenvalue weighted by atomic mass is 14.3. The Labute approximate surface area is 68.0 Å². The molecule has 0 aromatic carbocycles. The molecule has 0 radical (unpaired) electrons. The lowest BCUT2D eigenvalue weighted by Gasteiger charge is -2.12. The molecule has 0 fully saturated rings. The van der Waals surface area contributed by atoms with E-state index in [0.717, 1.165) is 12.0 Å². The van der Waals surface area contributed by atoms with E-state index in [9.17, 15) is 0 Å². The van der Waals surface area contributed by atoms with Crippen LogP contribution in [-0.4, -0.2) is 0 Å². The molecule has 0 saturated heterocycles. The van der Waals surface area contributed by atoms with Crippen LogP contribution < -0.4 is 0 Å². The van der Waals surface area contributed by atoms with Crippen LogP contribution in [0.2, 0.25) is 0 Å². The molecule has 0 heterocycles. The maximum Gasteiger partial charge on any atom is 0.0947 e. The van der Waals surface area contributed by atoms with Gasteiger partial charge in [0.15, 0.2) is 0 Å². The van der Waals surface area contributed by atoms with Crippen LogP contribution in [0.4, 0.5) is 0 Å². The van der Waals surface area contributed by atoms with Crippen LogP contribution in [0.15, 0.2) is 23.8 Å². The number of hydrogen-bond donors (Lipinski definition) is 0. The predicted molar refractivity (Wildman–Crippen MR) is 45.8 cm³/mol. The van der Waals surface area contributed by atoms with Gasteiger partial charge in [-0.05, 0) is 5.92 Å². The van der Waals surface area contributed by atoms with Gasteiger partial charge in [0.2, 0.25) is 0 Å². The maximum atomic E-state index is 8.62. The fourth-order valence-electron chi connectivity index (χ4n) is 1.50. The van der Waals surface area contributed by atoms with Gasteiger partial charge in [-0.15, -0.1) is 0 Å². The SMILES string of the molecule is C=C1CC(C#N)=CC1C(C)C. The van der Waals surface area contributed by atoms with E-state index in [1.165, 1.54) is 5.57 Å². The summed E-state index contributed by atoms with van der Waals surface area (Å²) < 4.78 is 0. The van der Waals surface area contributed by atoms with E-state index in [0.29, 0.717) is 11.8 Å². The van der Waals surface area contributed by atoms with Crippen LogP contribution in [0.5, 0.6) is 0 Å². The van der Waals surface area contributed by atoms with Crippen molar-refractivity contribution in [2.45, 2.75) is 20.3 Å². The summed E-state index contributed by atoms with van der Waals surface area (Å²) in [7, 11) is 0. The molecule has 11 heavy (non-hydrogen) atoms. The lowest BCUT2D eigenvalue weighted by molar-refractivity contribution is 0.534. The number of hydrogen-bond acceptors (Lipinski definition) is 1. The molecule has 0 aliphatic heterocycles. The zero-order chi connectivity index (χ0) is 8.43. The van der Waals surface area contributed by atoms with Gasteiger partial charge in [-0.1, -0.05) is 32.1 Å². The van der Waals surface area contributed by atoms with Gasteiger partial charge in [0, 0.05) is 17.9 Å². The van der Waals surface area contributed by atoms with Gasteiger partial charge in [0.25, 0.3) is 0 Å². The number of nitriles is 1. The van der Waals surface area contributed by atoms with Crippen molar-refractivity contribution in [3.05, 3.63) is 23.8 Å². The largest absolute Gasteiger partial charge is 0.193 e. The molecular weight excluding hydrogens is 134 g/mol. The first-order valence-electron chi connectivity index (χ1n) is 3.93. The summed E-state index contributed by atoms with van der Waals surface area (Å²) in [6.45, 7) is 8.27. The molecule has 1 heteroatoms. The molecular formula is C10H13N. The van der Waals surface area contributed by atoms with Crippen LogP contribution in [0.25, 0.3) is 0 Å². The molecule has 0 amide bonds. The second-order valence-electron chi connectivity index (χ2n) is 3.41. The fraction of sp³-hybridized carbons (Fsp3) is 0.500. The van der Waals surface area contributed by atoms with Gasteiger partial charge in [-0.2, -0.15) is 5.26 Å². The first kappa shape index (κ1) is 8.07. The van der Waals surface area contributed by atoms with Crippen molar-refractivity contribution in [3.8, 4) is 6.07 Å². The number of allylic oxidation sites excluding steroid dienone is 3. The predicted octanol–water partition coefficient (Wildman–Crippen LogP) is 2.67. The van der Waals surface area contributed by atoms with E-state index in [-0.39, 0.29) is 0 Å². The van der Waals surface area contributed by atoms with Crippen molar-refractivity contribution in [3.63, 3.8) is 0 Å². The standard InChI is InChI=1S/C10H13N/c1-7(2)10-5-9(6-11)4-8(10)3/h5,7,10H,3-4H2,1-2H3. The maximum absolute atomic E-state index is 8.62. The Morgan fingerprint density at radius 1 is 1.73 bits per heavy atom. The number of rotatable bonds is 1. The summed E-state index contributed by atoms with van der Waals surface area (Å²) in [5.41, 5.74) is 2.07. The summed E-state index contributed by atoms with van der Waals surface area (Å²) in [4.78, 5) is 0. The monoisotopic (exact) mass is 147 g/mol. The minimum absolute atomic E-state index is 0.435. The first-order chi connectivity index (χ1) is 5.15.